The van der Waals surface area contributed by atoms with Crippen molar-refractivity contribution in [3.8, 4) is 0 Å². The van der Waals surface area contributed by atoms with E-state index in [1.165, 1.54) is 6.92 Å². The van der Waals surface area contributed by atoms with Gasteiger partial charge < -0.3 is 15.8 Å². The Hall–Kier alpha value is -2.86. The second-order valence-electron chi connectivity index (χ2n) is 7.06. The van der Waals surface area contributed by atoms with Crippen molar-refractivity contribution in [2.45, 2.75) is 46.3 Å². The van der Waals surface area contributed by atoms with E-state index in [1.807, 2.05) is 32.9 Å². The minimum atomic E-state index is -0.956. The number of nitrogens with two attached hydrogens (primary N) is 1. The molecule has 0 unspecified atom stereocenters. The molecule has 0 saturated carbocycles. The number of nitrogens with one attached hydrogen (secondary N) is 1. The van der Waals surface area contributed by atoms with Gasteiger partial charge in [-0.2, -0.15) is 0 Å². The van der Waals surface area contributed by atoms with Crippen LogP contribution in [0, 0.1) is 20.8 Å². The molecule has 3 N–H and O–H groups in total. The Morgan fingerprint density at radius 2 is 1.62 bits per heavy atom. The number of amides is 2. The van der Waals surface area contributed by atoms with E-state index in [4.69, 9.17) is 22.1 Å². The monoisotopic (exact) mass is 416 g/mol. The third-order valence-electron chi connectivity index (χ3n) is 4.74. The van der Waals surface area contributed by atoms with Crippen LogP contribution in [0.4, 0.5) is 4.79 Å². The molecule has 0 aliphatic heterocycles. The topological polar surface area (TPSA) is 98.5 Å². The number of rotatable bonds is 7. The fraction of sp³-hybridized carbons (Fsp3) is 0.318. The Kier molecular flexibility index (Phi) is 7.40. The van der Waals surface area contributed by atoms with E-state index in [9.17, 15) is 14.4 Å². The molecule has 7 heteroatoms. The number of esters is 1. The van der Waals surface area contributed by atoms with Crippen LogP contribution in [0.25, 0.3) is 0 Å². The van der Waals surface area contributed by atoms with Crippen LogP contribution >= 0.6 is 11.6 Å². The van der Waals surface area contributed by atoms with Gasteiger partial charge in [-0.05, 0) is 68.1 Å². The Labute approximate surface area is 175 Å². The summed E-state index contributed by atoms with van der Waals surface area (Å²) in [6.07, 6.45) is -1.13. The number of Topliss-reactive ketones (excluding diaryl/α,β-unsaturated/α-hetero) is 1. The zero-order valence-electron chi connectivity index (χ0n) is 16.9. The molecule has 2 aromatic rings. The van der Waals surface area contributed by atoms with Gasteiger partial charge in [-0.25, -0.2) is 4.79 Å². The van der Waals surface area contributed by atoms with Crippen molar-refractivity contribution >= 4 is 29.4 Å². The molecular formula is C22H25ClN2O4. The number of hydrogen-bond donors (Lipinski definition) is 2. The van der Waals surface area contributed by atoms with E-state index >= 15 is 0 Å². The van der Waals surface area contributed by atoms with E-state index < -0.39 is 24.1 Å². The van der Waals surface area contributed by atoms with Crippen molar-refractivity contribution in [3.05, 3.63) is 69.2 Å². The lowest BCUT2D eigenvalue weighted by atomic mass is 9.96. The zero-order valence-corrected chi connectivity index (χ0v) is 17.7. The smallest absolute Gasteiger partial charge is 0.312 e. The summed E-state index contributed by atoms with van der Waals surface area (Å²) in [4.78, 5) is 36.5. The Morgan fingerprint density at radius 3 is 2.21 bits per heavy atom. The van der Waals surface area contributed by atoms with Crippen molar-refractivity contribution in [3.63, 3.8) is 0 Å². The Bertz CT molecular complexity index is 925. The van der Waals surface area contributed by atoms with Crippen LogP contribution in [0.15, 0.2) is 36.4 Å². The summed E-state index contributed by atoms with van der Waals surface area (Å²) in [7, 11) is 0. The summed E-state index contributed by atoms with van der Waals surface area (Å²) in [6, 6.07) is 8.94. The highest BCUT2D eigenvalue weighted by atomic mass is 35.5. The molecule has 6 nitrogen and oxygen atoms in total. The first-order valence-corrected chi connectivity index (χ1v) is 9.59. The normalized spacial score (nSPS) is 12.7. The molecule has 0 fully saturated rings. The number of ether oxygens (including phenoxy) is 1. The molecule has 2 amide bonds. The molecule has 0 aliphatic rings. The van der Waals surface area contributed by atoms with Gasteiger partial charge in [0.25, 0.3) is 0 Å². The number of carbonyl (C=O) groups excluding carboxylic acids is 3. The summed E-state index contributed by atoms with van der Waals surface area (Å²) < 4.78 is 5.34. The molecule has 0 aromatic heterocycles. The van der Waals surface area contributed by atoms with Crippen LogP contribution in [0.3, 0.4) is 0 Å². The fourth-order valence-corrected chi connectivity index (χ4v) is 3.16. The van der Waals surface area contributed by atoms with Gasteiger partial charge in [-0.15, -0.1) is 0 Å². The second-order valence-corrected chi connectivity index (χ2v) is 7.50. The van der Waals surface area contributed by atoms with Gasteiger partial charge in [0.2, 0.25) is 5.78 Å². The highest BCUT2D eigenvalue weighted by Gasteiger charge is 2.24. The average Bonchev–Trinajstić information content (AvgIpc) is 2.63. The third-order valence-corrected chi connectivity index (χ3v) is 5.00. The number of benzene rings is 2. The van der Waals surface area contributed by atoms with E-state index in [-0.39, 0.29) is 12.2 Å². The Morgan fingerprint density at radius 1 is 1.03 bits per heavy atom. The maximum absolute atomic E-state index is 12.8. The first-order valence-electron chi connectivity index (χ1n) is 9.21. The van der Waals surface area contributed by atoms with Crippen LogP contribution in [-0.2, 0) is 9.53 Å². The number of urea groups is 1. The van der Waals surface area contributed by atoms with Crippen molar-refractivity contribution in [1.82, 2.24) is 5.32 Å². The van der Waals surface area contributed by atoms with Gasteiger partial charge in [0, 0.05) is 10.6 Å². The lowest BCUT2D eigenvalue weighted by Gasteiger charge is -2.19. The zero-order chi connectivity index (χ0) is 21.7. The molecule has 2 aromatic carbocycles. The molecule has 29 heavy (non-hydrogen) atoms. The first kappa shape index (κ1) is 22.4. The number of hydrogen-bond acceptors (Lipinski definition) is 4. The van der Waals surface area contributed by atoms with Gasteiger partial charge in [0.05, 0.1) is 12.5 Å². The Balaban J connectivity index is 2.10. The second kappa shape index (κ2) is 9.56. The van der Waals surface area contributed by atoms with Crippen LogP contribution < -0.4 is 11.1 Å². The number of carbonyl (C=O) groups is 3. The summed E-state index contributed by atoms with van der Waals surface area (Å²) in [5.74, 6) is -0.897. The number of halogens is 1. The lowest BCUT2D eigenvalue weighted by molar-refractivity contribution is -0.146. The van der Waals surface area contributed by atoms with Crippen molar-refractivity contribution < 1.29 is 19.1 Å². The summed E-state index contributed by atoms with van der Waals surface area (Å²) >= 11 is 5.88. The van der Waals surface area contributed by atoms with E-state index in [0.29, 0.717) is 16.1 Å². The summed E-state index contributed by atoms with van der Waals surface area (Å²) in [5.41, 5.74) is 9.31. The maximum Gasteiger partial charge on any atom is 0.312 e. The quantitative estimate of drug-likeness (QED) is 0.522. The minimum Gasteiger partial charge on any atom is -0.454 e. The van der Waals surface area contributed by atoms with E-state index in [1.54, 1.807) is 24.3 Å². The highest BCUT2D eigenvalue weighted by molar-refractivity contribution is 6.30. The SMILES string of the molecule is Cc1cc(C)c(C(=O)[C@@H](C)OC(=O)C[C@@H](NC(N)=O)c2ccc(Cl)cc2)cc1C. The molecule has 0 saturated heterocycles. The van der Waals surface area contributed by atoms with Crippen molar-refractivity contribution in [2.75, 3.05) is 0 Å². The van der Waals surface area contributed by atoms with Crippen molar-refractivity contribution in [1.29, 1.82) is 0 Å². The number of ketones is 1. The van der Waals surface area contributed by atoms with E-state index in [0.717, 1.165) is 16.7 Å². The number of primary amides is 1. The molecule has 0 aliphatic carbocycles. The first-order chi connectivity index (χ1) is 13.6. The predicted molar refractivity (Wildman–Crippen MR) is 112 cm³/mol. The molecule has 2 rings (SSSR count). The molecule has 0 bridgehead atoms. The average molecular weight is 417 g/mol. The lowest BCUT2D eigenvalue weighted by Crippen LogP contribution is -2.35. The third kappa shape index (κ3) is 6.06. The van der Waals surface area contributed by atoms with Crippen LogP contribution in [0.1, 0.15) is 52.0 Å². The van der Waals surface area contributed by atoms with Gasteiger partial charge in [0.1, 0.15) is 0 Å². The molecular weight excluding hydrogens is 392 g/mol. The summed E-state index contributed by atoms with van der Waals surface area (Å²) in [5, 5.41) is 3.04. The van der Waals surface area contributed by atoms with Gasteiger partial charge >= 0.3 is 12.0 Å². The molecule has 154 valence electrons. The highest BCUT2D eigenvalue weighted by Crippen LogP contribution is 2.22. The fourth-order valence-electron chi connectivity index (χ4n) is 3.03. The molecule has 0 radical (unpaired) electrons. The largest absolute Gasteiger partial charge is 0.454 e. The molecule has 0 heterocycles. The minimum absolute atomic E-state index is 0.173. The molecule has 0 spiro atoms. The standard InChI is InChI=1S/C22H25ClN2O4/c1-12-9-14(3)18(10-13(12)2)21(27)15(4)29-20(26)11-19(25-22(24)28)16-5-7-17(23)8-6-16/h5-10,15,19H,11H2,1-4H3,(H3,24,25,28)/t15-,19-/m1/s1. The summed E-state index contributed by atoms with van der Waals surface area (Å²) in [6.45, 7) is 7.28. The van der Waals surface area contributed by atoms with E-state index in [2.05, 4.69) is 5.32 Å². The van der Waals surface area contributed by atoms with Crippen LogP contribution in [-0.4, -0.2) is 23.9 Å². The predicted octanol–water partition coefficient (Wildman–Crippen LogP) is 4.18. The van der Waals surface area contributed by atoms with Crippen molar-refractivity contribution in [2.24, 2.45) is 5.73 Å². The van der Waals surface area contributed by atoms with Crippen LogP contribution in [0.5, 0.6) is 0 Å². The molecule has 2 atom stereocenters. The van der Waals surface area contributed by atoms with Crippen LogP contribution in [0.2, 0.25) is 5.02 Å². The number of aryl methyl sites for hydroxylation is 3. The van der Waals surface area contributed by atoms with Gasteiger partial charge in [-0.3, -0.25) is 9.59 Å². The maximum atomic E-state index is 12.8. The van der Waals surface area contributed by atoms with Gasteiger partial charge in [-0.1, -0.05) is 29.8 Å². The van der Waals surface area contributed by atoms with Gasteiger partial charge in [0.15, 0.2) is 6.10 Å².